The maximum Gasteiger partial charge on any atom is 2.00 e. The predicted octanol–water partition coefficient (Wildman–Crippen LogP) is 12.2. The van der Waals surface area contributed by atoms with Crippen molar-refractivity contribution >= 4 is 49.7 Å². The van der Waals surface area contributed by atoms with Gasteiger partial charge in [0.15, 0.2) is 0 Å². The van der Waals surface area contributed by atoms with Gasteiger partial charge in [0.1, 0.15) is 0 Å². The largest absolute Gasteiger partial charge is 2.00 e. The van der Waals surface area contributed by atoms with Crippen LogP contribution in [0.5, 0.6) is 0 Å². The molecule has 0 aliphatic rings. The molecule has 4 nitrogen and oxygen atoms in total. The van der Waals surface area contributed by atoms with E-state index in [-0.39, 0.29) is 50.6 Å². The number of unbranched alkanes of at least 4 members (excludes halogenated alkanes) is 31. The van der Waals surface area contributed by atoms with Crippen LogP contribution < -0.4 is 10.2 Å². The van der Waals surface area contributed by atoms with Crippen LogP contribution >= 0.6 is 0 Å². The van der Waals surface area contributed by atoms with E-state index in [0.29, 0.717) is 0 Å². The van der Waals surface area contributed by atoms with Crippen LogP contribution in [0.1, 0.15) is 259 Å². The van der Waals surface area contributed by atoms with Gasteiger partial charge in [-0.1, -0.05) is 233 Å². The van der Waals surface area contributed by atoms with E-state index in [0.717, 1.165) is 25.7 Å². The van der Waals surface area contributed by atoms with Crippen LogP contribution in [0.15, 0.2) is 0 Å². The topological polar surface area (TPSA) is 80.3 Å². The van der Waals surface area contributed by atoms with Gasteiger partial charge in [-0.15, -0.1) is 0 Å². The molecule has 0 rings (SSSR count). The molecule has 0 fully saturated rings. The van der Waals surface area contributed by atoms with Crippen LogP contribution in [-0.2, 0) is 9.59 Å². The fourth-order valence-corrected chi connectivity index (χ4v) is 5.78. The second-order valence-corrected chi connectivity index (χ2v) is 13.9. The SMILES string of the molecule is CCCCCC.CCCCCCCCCCCCCCCCCC(=O)[O-].CCCCCCCCCCCCCCCCCC(=O)[O-].[Ca+2]. The molecule has 0 aliphatic heterocycles. The summed E-state index contributed by atoms with van der Waals surface area (Å²) >= 11 is 0. The summed E-state index contributed by atoms with van der Waals surface area (Å²) in [5.74, 6) is -1.81. The van der Waals surface area contributed by atoms with Crippen molar-refractivity contribution in [1.82, 2.24) is 0 Å². The third-order valence-corrected chi connectivity index (χ3v) is 8.93. The minimum Gasteiger partial charge on any atom is -0.550 e. The van der Waals surface area contributed by atoms with Crippen LogP contribution in [0.25, 0.3) is 0 Å². The molecule has 278 valence electrons. The molecule has 0 aliphatic carbocycles. The number of carbonyl (C=O) groups is 2. The first-order valence-electron chi connectivity index (χ1n) is 20.9. The number of carbonyl (C=O) groups excluding carboxylic acids is 2. The molecule has 0 spiro atoms. The summed E-state index contributed by atoms with van der Waals surface area (Å²) < 4.78 is 0. The van der Waals surface area contributed by atoms with Gasteiger partial charge in [0.05, 0.1) is 0 Å². The monoisotopic (exact) mass is 693 g/mol. The summed E-state index contributed by atoms with van der Waals surface area (Å²) in [7, 11) is 0. The Morgan fingerprint density at radius 2 is 0.404 bits per heavy atom. The summed E-state index contributed by atoms with van der Waals surface area (Å²) in [6, 6.07) is 0. The Balaban J connectivity index is -0.000000329. The molecule has 0 unspecified atom stereocenters. The molecule has 0 aromatic heterocycles. The minimum absolute atomic E-state index is 0. The van der Waals surface area contributed by atoms with Crippen LogP contribution in [0.2, 0.25) is 0 Å². The van der Waals surface area contributed by atoms with Gasteiger partial charge >= 0.3 is 37.7 Å². The third-order valence-electron chi connectivity index (χ3n) is 8.93. The maximum atomic E-state index is 10.2. The molecule has 0 saturated carbocycles. The van der Waals surface area contributed by atoms with Crippen LogP contribution in [0.4, 0.5) is 0 Å². The van der Waals surface area contributed by atoms with Gasteiger partial charge in [0.25, 0.3) is 0 Å². The molecule has 0 atom stereocenters. The first-order chi connectivity index (χ1) is 22.5. The van der Waals surface area contributed by atoms with Crippen molar-refractivity contribution in [3.8, 4) is 0 Å². The zero-order valence-corrected chi connectivity index (χ0v) is 35.0. The van der Waals surface area contributed by atoms with E-state index in [1.807, 2.05) is 0 Å². The molecular formula is C42H84CaO4. The zero-order valence-electron chi connectivity index (χ0n) is 32.8. The van der Waals surface area contributed by atoms with E-state index < -0.39 is 11.9 Å². The fourth-order valence-electron chi connectivity index (χ4n) is 5.78. The Bertz CT molecular complexity index is 507. The van der Waals surface area contributed by atoms with Gasteiger partial charge in [0.2, 0.25) is 0 Å². The molecule has 5 heteroatoms. The van der Waals surface area contributed by atoms with Gasteiger partial charge in [-0.2, -0.15) is 0 Å². The second-order valence-electron chi connectivity index (χ2n) is 13.9. The Kier molecular flexibility index (Phi) is 60.9. The first kappa shape index (κ1) is 54.0. The van der Waals surface area contributed by atoms with Crippen molar-refractivity contribution in [3.05, 3.63) is 0 Å². The van der Waals surface area contributed by atoms with Crippen molar-refractivity contribution in [2.24, 2.45) is 0 Å². The van der Waals surface area contributed by atoms with E-state index >= 15 is 0 Å². The number of aliphatic carboxylic acids is 2. The Morgan fingerprint density at radius 3 is 0.553 bits per heavy atom. The average Bonchev–Trinajstić information content (AvgIpc) is 3.04. The average molecular weight is 693 g/mol. The van der Waals surface area contributed by atoms with Gasteiger partial charge in [-0.3, -0.25) is 0 Å². The van der Waals surface area contributed by atoms with Crippen molar-refractivity contribution in [2.75, 3.05) is 0 Å². The van der Waals surface area contributed by atoms with E-state index in [2.05, 4.69) is 27.7 Å². The number of carboxylic acids is 2. The molecule has 0 aromatic rings. The van der Waals surface area contributed by atoms with Crippen LogP contribution in [-0.4, -0.2) is 49.7 Å². The van der Waals surface area contributed by atoms with Crippen LogP contribution in [0.3, 0.4) is 0 Å². The Hall–Kier alpha value is 0.200. The maximum absolute atomic E-state index is 10.2. The Morgan fingerprint density at radius 1 is 0.277 bits per heavy atom. The molecule has 0 N–H and O–H groups in total. The summed E-state index contributed by atoms with van der Waals surface area (Å²) in [5, 5.41) is 20.4. The molecule has 0 bridgehead atoms. The van der Waals surface area contributed by atoms with E-state index in [9.17, 15) is 19.8 Å². The van der Waals surface area contributed by atoms with Gasteiger partial charge in [-0.05, 0) is 25.7 Å². The van der Waals surface area contributed by atoms with Crippen molar-refractivity contribution in [2.45, 2.75) is 259 Å². The van der Waals surface area contributed by atoms with E-state index in [1.54, 1.807) is 0 Å². The second kappa shape index (κ2) is 53.0. The summed E-state index contributed by atoms with van der Waals surface area (Å²) in [6.07, 6.45) is 45.3. The molecule has 0 heterocycles. The normalized spacial score (nSPS) is 10.4. The van der Waals surface area contributed by atoms with Gasteiger partial charge < -0.3 is 19.8 Å². The summed E-state index contributed by atoms with van der Waals surface area (Å²) in [5.41, 5.74) is 0. The summed E-state index contributed by atoms with van der Waals surface area (Å²) in [6.45, 7) is 9.00. The minimum atomic E-state index is -0.903. The van der Waals surface area contributed by atoms with Crippen molar-refractivity contribution in [3.63, 3.8) is 0 Å². The van der Waals surface area contributed by atoms with Crippen LogP contribution in [0, 0.1) is 0 Å². The Labute approximate surface area is 326 Å². The zero-order chi connectivity index (χ0) is 34.6. The molecule has 0 radical (unpaired) electrons. The van der Waals surface area contributed by atoms with Gasteiger partial charge in [0, 0.05) is 11.9 Å². The van der Waals surface area contributed by atoms with E-state index in [1.165, 1.54) is 193 Å². The predicted molar refractivity (Wildman–Crippen MR) is 205 cm³/mol. The van der Waals surface area contributed by atoms with Gasteiger partial charge in [-0.25, -0.2) is 0 Å². The smallest absolute Gasteiger partial charge is 0.550 e. The number of carboxylic acid groups (broad SMARTS) is 2. The van der Waals surface area contributed by atoms with Crippen molar-refractivity contribution < 1.29 is 19.8 Å². The third kappa shape index (κ3) is 65.2. The van der Waals surface area contributed by atoms with Crippen molar-refractivity contribution in [1.29, 1.82) is 0 Å². The number of rotatable bonds is 35. The molecule has 0 saturated heterocycles. The molecule has 0 aromatic carbocycles. The quantitative estimate of drug-likeness (QED) is 0.0489. The fraction of sp³-hybridized carbons (Fsp3) is 0.952. The first-order valence-corrected chi connectivity index (χ1v) is 20.9. The molecule has 47 heavy (non-hydrogen) atoms. The van der Waals surface area contributed by atoms with E-state index in [4.69, 9.17) is 0 Å². The number of hydrogen-bond acceptors (Lipinski definition) is 4. The molecular weight excluding hydrogens is 609 g/mol. The molecule has 0 amide bonds. The number of hydrogen-bond donors (Lipinski definition) is 0. The summed E-state index contributed by atoms with van der Waals surface area (Å²) in [4.78, 5) is 20.4. The standard InChI is InChI=1S/2C18H36O2.C6H14.Ca/c2*1-2-3-4-5-6-7-8-9-10-11-12-13-14-15-16-17-18(19)20;1-3-5-6-4-2;/h2*2-17H2,1H3,(H,19,20);3-6H2,1-2H3;/q;;;+2/p-2.